The molecule has 0 unspecified atom stereocenters. The Labute approximate surface area is 226 Å². The van der Waals surface area contributed by atoms with Crippen molar-refractivity contribution in [1.29, 1.82) is 0 Å². The molecule has 0 radical (unpaired) electrons. The van der Waals surface area contributed by atoms with Crippen molar-refractivity contribution in [2.45, 2.75) is 18.6 Å². The molecule has 3 aromatic heterocycles. The maximum Gasteiger partial charge on any atom is 0.345 e. The van der Waals surface area contributed by atoms with Crippen molar-refractivity contribution in [3.05, 3.63) is 94.1 Å². The van der Waals surface area contributed by atoms with Crippen LogP contribution in [-0.2, 0) is 16.1 Å². The molecule has 0 aliphatic carbocycles. The smallest absolute Gasteiger partial charge is 0.345 e. The monoisotopic (exact) mass is 544 g/mol. The first-order valence-electron chi connectivity index (χ1n) is 11.7. The first-order chi connectivity index (χ1) is 18.4. The van der Waals surface area contributed by atoms with Crippen molar-refractivity contribution in [2.75, 3.05) is 12.9 Å². The van der Waals surface area contributed by atoms with E-state index >= 15 is 0 Å². The second kappa shape index (κ2) is 10.7. The van der Waals surface area contributed by atoms with Crippen LogP contribution in [0.1, 0.15) is 11.4 Å². The number of ether oxygens (including phenoxy) is 1. The van der Waals surface area contributed by atoms with Gasteiger partial charge in [-0.1, -0.05) is 59.8 Å². The van der Waals surface area contributed by atoms with E-state index in [1.807, 2.05) is 54.8 Å². The number of methoxy groups -OCH3 is 1. The number of aryl methyl sites for hydroxylation is 1. The molecule has 2 aromatic carbocycles. The lowest BCUT2D eigenvalue weighted by Crippen LogP contribution is -2.22. The molecule has 192 valence electrons. The third-order valence-corrected chi connectivity index (χ3v) is 7.84. The Bertz CT molecular complexity index is 1730. The molecule has 8 nitrogen and oxygen atoms in total. The van der Waals surface area contributed by atoms with Gasteiger partial charge in [0.15, 0.2) is 5.16 Å². The van der Waals surface area contributed by atoms with Gasteiger partial charge >= 0.3 is 5.97 Å². The summed E-state index contributed by atoms with van der Waals surface area (Å²) in [6, 6.07) is 15.3. The molecule has 0 saturated carbocycles. The number of H-pyrrole nitrogens is 1. The summed E-state index contributed by atoms with van der Waals surface area (Å²) in [7, 11) is 1.24. The summed E-state index contributed by atoms with van der Waals surface area (Å²) in [5.41, 5.74) is 4.02. The molecular formula is C28H24N4O4S2. The van der Waals surface area contributed by atoms with Crippen LogP contribution in [0, 0.1) is 6.92 Å². The molecule has 0 atom stereocenters. The number of aliphatic hydroxyl groups excluding tert-OH is 1. The van der Waals surface area contributed by atoms with Gasteiger partial charge in [-0.3, -0.25) is 9.36 Å². The molecule has 5 rings (SSSR count). The number of aromatic nitrogens is 4. The quantitative estimate of drug-likeness (QED) is 0.0641. The summed E-state index contributed by atoms with van der Waals surface area (Å²) in [5, 5.41) is 13.9. The van der Waals surface area contributed by atoms with Gasteiger partial charge < -0.3 is 14.8 Å². The highest BCUT2D eigenvalue weighted by atomic mass is 32.2. The summed E-state index contributed by atoms with van der Waals surface area (Å²) < 4.78 is 6.44. The average Bonchev–Trinajstić information content (AvgIpc) is 3.54. The number of aromatic amines is 1. The number of hydrogen-bond donors (Lipinski definition) is 2. The lowest BCUT2D eigenvalue weighted by molar-refractivity contribution is -0.133. The highest BCUT2D eigenvalue weighted by molar-refractivity contribution is 7.99. The van der Waals surface area contributed by atoms with Crippen molar-refractivity contribution < 1.29 is 14.6 Å². The number of benzene rings is 2. The lowest BCUT2D eigenvalue weighted by atomic mass is 10.1. The molecule has 3 heterocycles. The Morgan fingerprint density at radius 3 is 2.68 bits per heavy atom. The minimum Gasteiger partial charge on any atom is -0.510 e. The number of imidazole rings is 1. The van der Waals surface area contributed by atoms with Gasteiger partial charge in [0.2, 0.25) is 0 Å². The number of carbonyl (C=O) groups is 1. The third kappa shape index (κ3) is 4.75. The Kier molecular flexibility index (Phi) is 7.17. The van der Waals surface area contributed by atoms with Crippen LogP contribution in [0.2, 0.25) is 0 Å². The minimum atomic E-state index is -0.727. The fourth-order valence-electron chi connectivity index (χ4n) is 4.08. The molecular weight excluding hydrogens is 520 g/mol. The Balaban J connectivity index is 1.54. The predicted molar refractivity (Wildman–Crippen MR) is 153 cm³/mol. The zero-order chi connectivity index (χ0) is 26.8. The summed E-state index contributed by atoms with van der Waals surface area (Å²) in [4.78, 5) is 39.1. The number of aliphatic hydroxyl groups is 1. The number of allylic oxidation sites excluding steroid dienone is 1. The fourth-order valence-corrected chi connectivity index (χ4v) is 5.96. The fraction of sp³-hybridized carbons (Fsp3) is 0.143. The first kappa shape index (κ1) is 25.5. The zero-order valence-electron chi connectivity index (χ0n) is 20.7. The number of fused-ring (bicyclic) bond motifs is 2. The number of thioether (sulfide) groups is 1. The van der Waals surface area contributed by atoms with Crippen molar-refractivity contribution >= 4 is 55.9 Å². The number of esters is 1. The van der Waals surface area contributed by atoms with Gasteiger partial charge in [-0.2, -0.15) is 0 Å². The van der Waals surface area contributed by atoms with Crippen molar-refractivity contribution in [2.24, 2.45) is 0 Å². The number of hydrogen-bond acceptors (Lipinski definition) is 8. The van der Waals surface area contributed by atoms with E-state index in [1.165, 1.54) is 23.0 Å². The van der Waals surface area contributed by atoms with Crippen LogP contribution in [0.5, 0.6) is 0 Å². The van der Waals surface area contributed by atoms with Crippen LogP contribution in [0.15, 0.2) is 82.3 Å². The maximum atomic E-state index is 13.6. The van der Waals surface area contributed by atoms with Crippen LogP contribution in [0.3, 0.4) is 0 Å². The van der Waals surface area contributed by atoms with Crippen LogP contribution < -0.4 is 5.56 Å². The molecule has 10 heteroatoms. The van der Waals surface area contributed by atoms with Crippen molar-refractivity contribution in [3.8, 4) is 11.1 Å². The van der Waals surface area contributed by atoms with E-state index in [2.05, 4.69) is 16.5 Å². The maximum absolute atomic E-state index is 13.6. The predicted octanol–water partition coefficient (Wildman–Crippen LogP) is 5.73. The molecule has 0 aliphatic heterocycles. The zero-order valence-corrected chi connectivity index (χ0v) is 22.4. The standard InChI is InChI=1S/C28H24N4O4S2/c1-4-13-32-26(34)22-18(17-11-9-16(2)10-12-17)14-37-25(22)31-28(32)38-15-21(33)23(27(35)36-3)24-29-19-7-5-6-8-20(19)30-24/h4-12,14,33H,1,13,15H2,2-3H3,(H,29,30)/b23-21-. The largest absolute Gasteiger partial charge is 0.510 e. The molecule has 0 spiro atoms. The lowest BCUT2D eigenvalue weighted by Gasteiger charge is -2.12. The van der Waals surface area contributed by atoms with Crippen LogP contribution >= 0.6 is 23.1 Å². The number of rotatable bonds is 8. The second-order valence-corrected chi connectivity index (χ2v) is 10.3. The molecule has 38 heavy (non-hydrogen) atoms. The molecule has 0 fully saturated rings. The Hall–Kier alpha value is -4.15. The molecule has 5 aromatic rings. The van der Waals surface area contributed by atoms with Gasteiger partial charge in [0.1, 0.15) is 22.0 Å². The molecule has 2 N–H and O–H groups in total. The molecule has 0 amide bonds. The van der Waals surface area contributed by atoms with Crippen LogP contribution in [-0.4, -0.2) is 43.5 Å². The van der Waals surface area contributed by atoms with Crippen molar-refractivity contribution in [3.63, 3.8) is 0 Å². The summed E-state index contributed by atoms with van der Waals surface area (Å²) >= 11 is 2.53. The minimum absolute atomic E-state index is 0.0350. The van der Waals surface area contributed by atoms with Gasteiger partial charge in [-0.25, -0.2) is 14.8 Å². The first-order valence-corrected chi connectivity index (χ1v) is 13.6. The number of para-hydroxylation sites is 2. The van der Waals surface area contributed by atoms with E-state index < -0.39 is 5.97 Å². The Morgan fingerprint density at radius 1 is 1.21 bits per heavy atom. The van der Waals surface area contributed by atoms with Crippen LogP contribution in [0.4, 0.5) is 0 Å². The van der Waals surface area contributed by atoms with Gasteiger partial charge in [-0.05, 0) is 24.6 Å². The average molecular weight is 545 g/mol. The van der Waals surface area contributed by atoms with E-state index in [-0.39, 0.29) is 35.0 Å². The highest BCUT2D eigenvalue weighted by Crippen LogP contribution is 2.33. The summed E-state index contributed by atoms with van der Waals surface area (Å²) in [5.74, 6) is -0.807. The molecule has 0 saturated heterocycles. The van der Waals surface area contributed by atoms with E-state index in [4.69, 9.17) is 9.72 Å². The number of nitrogens with one attached hydrogen (secondary N) is 1. The van der Waals surface area contributed by atoms with E-state index in [1.54, 1.807) is 12.1 Å². The third-order valence-electron chi connectivity index (χ3n) is 5.98. The second-order valence-electron chi connectivity index (χ2n) is 8.50. The number of nitrogens with zero attached hydrogens (tertiary/aromatic N) is 3. The van der Waals surface area contributed by atoms with Crippen molar-refractivity contribution in [1.82, 2.24) is 19.5 Å². The number of carbonyl (C=O) groups excluding carboxylic acids is 1. The number of thiophene rings is 1. The topological polar surface area (TPSA) is 110 Å². The van der Waals surface area contributed by atoms with E-state index in [0.29, 0.717) is 20.9 Å². The summed E-state index contributed by atoms with van der Waals surface area (Å²) in [6.07, 6.45) is 1.63. The van der Waals surface area contributed by atoms with Gasteiger partial charge in [-0.15, -0.1) is 17.9 Å². The SMILES string of the molecule is C=CCn1c(SC/C(O)=C(/C(=O)OC)c2nc3ccccc3[nH]2)nc2scc(-c3ccc(C)cc3)c2c1=O. The molecule has 0 bridgehead atoms. The van der Waals surface area contributed by atoms with Gasteiger partial charge in [0.05, 0.1) is 29.3 Å². The van der Waals surface area contributed by atoms with E-state index in [0.717, 1.165) is 34.0 Å². The highest BCUT2D eigenvalue weighted by Gasteiger charge is 2.23. The normalized spacial score (nSPS) is 12.1. The van der Waals surface area contributed by atoms with Gasteiger partial charge in [0.25, 0.3) is 5.56 Å². The van der Waals surface area contributed by atoms with E-state index in [9.17, 15) is 14.7 Å². The molecule has 0 aliphatic rings. The van der Waals surface area contributed by atoms with Crippen LogP contribution in [0.25, 0.3) is 38.0 Å². The van der Waals surface area contributed by atoms with Gasteiger partial charge in [0, 0.05) is 17.5 Å². The summed E-state index contributed by atoms with van der Waals surface area (Å²) in [6.45, 7) is 6.04. The Morgan fingerprint density at radius 2 is 1.97 bits per heavy atom.